The summed E-state index contributed by atoms with van der Waals surface area (Å²) in [5.74, 6) is 1.40. The van der Waals surface area contributed by atoms with Crippen LogP contribution in [0.15, 0.2) is 28.9 Å². The third kappa shape index (κ3) is 3.32. The minimum Gasteiger partial charge on any atom is -0.490 e. The number of fused-ring (bicyclic) bond motifs is 1. The lowest BCUT2D eigenvalue weighted by atomic mass is 10.0. The molecule has 0 aliphatic carbocycles. The van der Waals surface area contributed by atoms with Crippen molar-refractivity contribution in [1.82, 2.24) is 4.98 Å². The van der Waals surface area contributed by atoms with Crippen molar-refractivity contribution >= 4 is 17.3 Å². The first-order valence-electron chi connectivity index (χ1n) is 8.53. The molecule has 0 radical (unpaired) electrons. The van der Waals surface area contributed by atoms with Gasteiger partial charge in [0, 0.05) is 31.9 Å². The van der Waals surface area contributed by atoms with Crippen LogP contribution in [0.3, 0.4) is 0 Å². The molecule has 0 unspecified atom stereocenters. The van der Waals surface area contributed by atoms with Crippen LogP contribution in [0.4, 0.5) is 11.4 Å². The molecule has 2 aliphatic rings. The summed E-state index contributed by atoms with van der Waals surface area (Å²) in [6.07, 6.45) is 3.17. The van der Waals surface area contributed by atoms with Gasteiger partial charge in [0.2, 0.25) is 0 Å². The van der Waals surface area contributed by atoms with Crippen LogP contribution in [0.1, 0.15) is 35.1 Å². The van der Waals surface area contributed by atoms with E-state index in [0.29, 0.717) is 37.1 Å². The number of aromatic nitrogens is 1. The maximum absolute atomic E-state index is 12.5. The zero-order valence-corrected chi connectivity index (χ0v) is 14.2. The van der Waals surface area contributed by atoms with Gasteiger partial charge in [-0.3, -0.25) is 4.79 Å². The topological polar surface area (TPSA) is 76.8 Å². The molecule has 7 nitrogen and oxygen atoms in total. The summed E-state index contributed by atoms with van der Waals surface area (Å²) in [6, 6.07) is 5.61. The van der Waals surface area contributed by atoms with E-state index in [1.54, 1.807) is 0 Å². The second kappa shape index (κ2) is 6.76. The van der Waals surface area contributed by atoms with E-state index in [-0.39, 0.29) is 11.8 Å². The molecule has 0 saturated carbocycles. The minimum atomic E-state index is -0.276. The molecule has 1 fully saturated rings. The number of nitrogens with one attached hydrogen (secondary N) is 1. The molecule has 2 aromatic rings. The number of rotatable bonds is 3. The molecule has 2 aliphatic heterocycles. The fourth-order valence-corrected chi connectivity index (χ4v) is 3.15. The first kappa shape index (κ1) is 16.0. The average Bonchev–Trinajstić information content (AvgIpc) is 3.13. The van der Waals surface area contributed by atoms with Gasteiger partial charge in [-0.1, -0.05) is 0 Å². The molecule has 0 atom stereocenters. The van der Waals surface area contributed by atoms with E-state index >= 15 is 0 Å². The van der Waals surface area contributed by atoms with Crippen LogP contribution in [0.5, 0.6) is 5.75 Å². The van der Waals surface area contributed by atoms with Crippen molar-refractivity contribution in [3.63, 3.8) is 0 Å². The van der Waals surface area contributed by atoms with Crippen molar-refractivity contribution in [2.45, 2.75) is 18.8 Å². The Labute approximate surface area is 145 Å². The van der Waals surface area contributed by atoms with Gasteiger partial charge < -0.3 is 24.1 Å². The van der Waals surface area contributed by atoms with Crippen molar-refractivity contribution in [3.8, 4) is 5.75 Å². The van der Waals surface area contributed by atoms with E-state index in [1.807, 2.05) is 25.2 Å². The van der Waals surface area contributed by atoms with E-state index in [9.17, 15) is 4.79 Å². The lowest BCUT2D eigenvalue weighted by molar-refractivity contribution is 0.0794. The smallest absolute Gasteiger partial charge is 0.277 e. The summed E-state index contributed by atoms with van der Waals surface area (Å²) < 4.78 is 16.5. The Kier molecular flexibility index (Phi) is 4.31. The molecule has 25 heavy (non-hydrogen) atoms. The molecule has 3 heterocycles. The number of carbonyl (C=O) groups excluding carboxylic acids is 1. The molecule has 132 valence electrons. The zero-order chi connectivity index (χ0) is 17.2. The Morgan fingerprint density at radius 3 is 2.96 bits per heavy atom. The molecular weight excluding hydrogens is 322 g/mol. The second-order valence-corrected chi connectivity index (χ2v) is 6.36. The van der Waals surface area contributed by atoms with Crippen molar-refractivity contribution < 1.29 is 18.7 Å². The monoisotopic (exact) mass is 343 g/mol. The quantitative estimate of drug-likeness (QED) is 0.923. The Balaban J connectivity index is 1.47. The fourth-order valence-electron chi connectivity index (χ4n) is 3.15. The third-order valence-electron chi connectivity index (χ3n) is 4.64. The number of carbonyl (C=O) groups is 1. The second-order valence-electron chi connectivity index (χ2n) is 6.36. The van der Waals surface area contributed by atoms with Gasteiger partial charge in [0.25, 0.3) is 5.91 Å². The van der Waals surface area contributed by atoms with Crippen LogP contribution >= 0.6 is 0 Å². The molecule has 1 aromatic carbocycles. The van der Waals surface area contributed by atoms with Crippen LogP contribution in [-0.2, 0) is 4.74 Å². The van der Waals surface area contributed by atoms with Crippen LogP contribution in [0.25, 0.3) is 0 Å². The standard InChI is InChI=1S/C18H21N3O4/c1-21-6-9-24-16-3-2-13(10-15(16)21)19-17(22)14-11-25-18(20-14)12-4-7-23-8-5-12/h2-3,10-12H,4-9H2,1H3,(H,19,22). The highest BCUT2D eigenvalue weighted by molar-refractivity contribution is 6.03. The molecule has 0 spiro atoms. The highest BCUT2D eigenvalue weighted by Gasteiger charge is 2.23. The third-order valence-corrected chi connectivity index (χ3v) is 4.64. The SMILES string of the molecule is CN1CCOc2ccc(NC(=O)c3coc(C4CCOCC4)n3)cc21. The van der Waals surface area contributed by atoms with Gasteiger partial charge in [0.15, 0.2) is 11.6 Å². The zero-order valence-electron chi connectivity index (χ0n) is 14.2. The van der Waals surface area contributed by atoms with Crippen molar-refractivity contribution in [1.29, 1.82) is 0 Å². The van der Waals surface area contributed by atoms with Crippen molar-refractivity contribution in [2.24, 2.45) is 0 Å². The summed E-state index contributed by atoms with van der Waals surface area (Å²) in [5, 5.41) is 2.88. The molecule has 7 heteroatoms. The summed E-state index contributed by atoms with van der Waals surface area (Å²) >= 11 is 0. The van der Waals surface area contributed by atoms with Gasteiger partial charge in [0.05, 0.1) is 12.2 Å². The van der Waals surface area contributed by atoms with Gasteiger partial charge in [-0.25, -0.2) is 4.98 Å². The Morgan fingerprint density at radius 2 is 2.12 bits per heavy atom. The molecule has 0 bridgehead atoms. The Morgan fingerprint density at radius 1 is 1.28 bits per heavy atom. The Hall–Kier alpha value is -2.54. The number of likely N-dealkylation sites (N-methyl/N-ethyl adjacent to an activating group) is 1. The number of amides is 1. The van der Waals surface area contributed by atoms with Gasteiger partial charge in [-0.2, -0.15) is 0 Å². The predicted octanol–water partition coefficient (Wildman–Crippen LogP) is 2.65. The fraction of sp³-hybridized carbons (Fsp3) is 0.444. The summed E-state index contributed by atoms with van der Waals surface area (Å²) in [6.45, 7) is 2.91. The lowest BCUT2D eigenvalue weighted by Crippen LogP contribution is -2.28. The van der Waals surface area contributed by atoms with Gasteiger partial charge in [0.1, 0.15) is 18.6 Å². The first-order valence-corrected chi connectivity index (χ1v) is 8.53. The minimum absolute atomic E-state index is 0.227. The summed E-state index contributed by atoms with van der Waals surface area (Å²) in [5.41, 5.74) is 1.97. The first-order chi connectivity index (χ1) is 12.2. The van der Waals surface area contributed by atoms with E-state index in [0.717, 1.165) is 30.8 Å². The van der Waals surface area contributed by atoms with Crippen molar-refractivity contribution in [3.05, 3.63) is 36.0 Å². The molecular formula is C18H21N3O4. The van der Waals surface area contributed by atoms with Crippen LogP contribution in [0, 0.1) is 0 Å². The number of oxazole rings is 1. The maximum atomic E-state index is 12.5. The summed E-state index contributed by atoms with van der Waals surface area (Å²) in [7, 11) is 2.00. The maximum Gasteiger partial charge on any atom is 0.277 e. The number of hydrogen-bond donors (Lipinski definition) is 1. The highest BCUT2D eigenvalue weighted by Crippen LogP contribution is 2.33. The number of benzene rings is 1. The molecule has 1 saturated heterocycles. The molecule has 4 rings (SSSR count). The summed E-state index contributed by atoms with van der Waals surface area (Å²) in [4.78, 5) is 18.9. The Bertz CT molecular complexity index is 767. The average molecular weight is 343 g/mol. The van der Waals surface area contributed by atoms with Crippen LogP contribution in [0.2, 0.25) is 0 Å². The van der Waals surface area contributed by atoms with Crippen LogP contribution in [-0.4, -0.2) is 44.3 Å². The van der Waals surface area contributed by atoms with Crippen molar-refractivity contribution in [2.75, 3.05) is 43.6 Å². The van der Waals surface area contributed by atoms with Crippen LogP contribution < -0.4 is 15.0 Å². The largest absolute Gasteiger partial charge is 0.490 e. The molecule has 1 aromatic heterocycles. The van der Waals surface area contributed by atoms with E-state index in [4.69, 9.17) is 13.9 Å². The number of ether oxygens (including phenoxy) is 2. The number of anilines is 2. The highest BCUT2D eigenvalue weighted by atomic mass is 16.5. The number of hydrogen-bond acceptors (Lipinski definition) is 6. The van der Waals surface area contributed by atoms with E-state index < -0.39 is 0 Å². The number of nitrogens with zero attached hydrogens (tertiary/aromatic N) is 2. The van der Waals surface area contributed by atoms with E-state index in [1.165, 1.54) is 6.26 Å². The molecule has 1 amide bonds. The van der Waals surface area contributed by atoms with Gasteiger partial charge >= 0.3 is 0 Å². The molecule has 1 N–H and O–H groups in total. The van der Waals surface area contributed by atoms with Gasteiger partial charge in [-0.05, 0) is 31.0 Å². The lowest BCUT2D eigenvalue weighted by Gasteiger charge is -2.28. The normalized spacial score (nSPS) is 17.7. The predicted molar refractivity (Wildman–Crippen MR) is 92.5 cm³/mol. The van der Waals surface area contributed by atoms with E-state index in [2.05, 4.69) is 15.2 Å². The van der Waals surface area contributed by atoms with Gasteiger partial charge in [-0.15, -0.1) is 0 Å².